The van der Waals surface area contributed by atoms with Crippen molar-refractivity contribution in [1.29, 1.82) is 0 Å². The predicted octanol–water partition coefficient (Wildman–Crippen LogP) is 4.16. The van der Waals surface area contributed by atoms with E-state index in [0.717, 1.165) is 6.42 Å². The minimum atomic E-state index is 0.248. The Labute approximate surface area is 130 Å². The second kappa shape index (κ2) is 7.42. The monoisotopic (exact) mass is 288 g/mol. The summed E-state index contributed by atoms with van der Waals surface area (Å²) in [5.41, 5.74) is 3.14. The number of rotatable bonds is 5. The van der Waals surface area contributed by atoms with Gasteiger partial charge >= 0.3 is 0 Å². The van der Waals surface area contributed by atoms with Crippen LogP contribution in [-0.4, -0.2) is 31.6 Å². The number of aryl methyl sites for hydroxylation is 1. The summed E-state index contributed by atoms with van der Waals surface area (Å²) in [7, 11) is 6.65. The van der Waals surface area contributed by atoms with Crippen molar-refractivity contribution in [2.75, 3.05) is 21.1 Å². The summed E-state index contributed by atoms with van der Waals surface area (Å²) < 4.78 is 0. The predicted molar refractivity (Wildman–Crippen MR) is 91.7 cm³/mol. The van der Waals surface area contributed by atoms with Crippen molar-refractivity contribution >= 4 is 0 Å². The first-order chi connectivity index (χ1) is 10.1. The van der Waals surface area contributed by atoms with Crippen LogP contribution in [0.5, 0.6) is 0 Å². The maximum Gasteiger partial charge on any atom is 0.0504 e. The number of hydrogen-bond acceptors (Lipinski definition) is 2. The molecule has 1 aromatic carbocycles. The Morgan fingerprint density at radius 1 is 1.14 bits per heavy atom. The van der Waals surface area contributed by atoms with Crippen LogP contribution in [0.1, 0.15) is 62.6 Å². The molecule has 0 saturated heterocycles. The second-order valence-electron chi connectivity index (χ2n) is 6.73. The summed E-state index contributed by atoms with van der Waals surface area (Å²) in [6.07, 6.45) is 9.18. The fourth-order valence-electron chi connectivity index (χ4n) is 4.07. The first-order valence-electron chi connectivity index (χ1n) is 8.57. The van der Waals surface area contributed by atoms with Gasteiger partial charge in [0.2, 0.25) is 0 Å². The lowest BCUT2D eigenvalue weighted by Gasteiger charge is -2.46. The van der Waals surface area contributed by atoms with Crippen LogP contribution in [0, 0.1) is 0 Å². The fraction of sp³-hybridized carbons (Fsp3) is 0.684. The number of nitrogens with zero attached hydrogens (tertiary/aromatic N) is 1. The molecule has 0 amide bonds. The van der Waals surface area contributed by atoms with Gasteiger partial charge in [-0.2, -0.15) is 0 Å². The van der Waals surface area contributed by atoms with E-state index in [4.69, 9.17) is 0 Å². The topological polar surface area (TPSA) is 15.3 Å². The van der Waals surface area contributed by atoms with Gasteiger partial charge in [-0.3, -0.25) is 0 Å². The molecule has 0 radical (unpaired) electrons. The highest BCUT2D eigenvalue weighted by Crippen LogP contribution is 2.41. The standard InChI is InChI=1S/C19H32N2/c1-5-16-11-10-12-17(15-16)18(20-2)19(21(3)4)13-8-6-7-9-14-19/h10-12,15,18,20H,5-9,13-14H2,1-4H3. The first-order valence-corrected chi connectivity index (χ1v) is 8.57. The third kappa shape index (κ3) is 3.49. The van der Waals surface area contributed by atoms with Crippen molar-refractivity contribution < 1.29 is 0 Å². The van der Waals surface area contributed by atoms with Crippen LogP contribution < -0.4 is 5.32 Å². The summed E-state index contributed by atoms with van der Waals surface area (Å²) in [4.78, 5) is 2.48. The molecule has 21 heavy (non-hydrogen) atoms. The van der Waals surface area contributed by atoms with E-state index in [2.05, 4.69) is 62.5 Å². The molecule has 0 bridgehead atoms. The molecule has 1 saturated carbocycles. The van der Waals surface area contributed by atoms with Gasteiger partial charge in [0.15, 0.2) is 0 Å². The van der Waals surface area contributed by atoms with Gasteiger partial charge in [0, 0.05) is 5.54 Å². The van der Waals surface area contributed by atoms with Crippen molar-refractivity contribution in [1.82, 2.24) is 10.2 Å². The molecule has 1 atom stereocenters. The number of hydrogen-bond donors (Lipinski definition) is 1. The molecule has 118 valence electrons. The summed E-state index contributed by atoms with van der Waals surface area (Å²) in [6.45, 7) is 2.24. The van der Waals surface area contributed by atoms with Crippen LogP contribution in [0.2, 0.25) is 0 Å². The average molecular weight is 288 g/mol. The Morgan fingerprint density at radius 2 is 1.81 bits per heavy atom. The summed E-state index contributed by atoms with van der Waals surface area (Å²) in [5.74, 6) is 0. The molecule has 1 aromatic rings. The Bertz CT molecular complexity index is 431. The van der Waals surface area contributed by atoms with Gasteiger partial charge in [0.1, 0.15) is 0 Å². The zero-order chi connectivity index (χ0) is 15.3. The molecule has 1 unspecified atom stereocenters. The molecule has 2 rings (SSSR count). The van der Waals surface area contributed by atoms with E-state index in [-0.39, 0.29) is 5.54 Å². The Balaban J connectivity index is 2.38. The first kappa shape index (κ1) is 16.5. The molecule has 0 heterocycles. The summed E-state index contributed by atoms with van der Waals surface area (Å²) in [6, 6.07) is 9.58. The molecule has 0 aromatic heterocycles. The van der Waals surface area contributed by atoms with Crippen molar-refractivity contribution in [3.05, 3.63) is 35.4 Å². The quantitative estimate of drug-likeness (QED) is 0.818. The van der Waals surface area contributed by atoms with Crippen LogP contribution in [0.15, 0.2) is 24.3 Å². The smallest absolute Gasteiger partial charge is 0.0504 e. The lowest BCUT2D eigenvalue weighted by atomic mass is 9.78. The van der Waals surface area contributed by atoms with Crippen LogP contribution in [0.3, 0.4) is 0 Å². The number of likely N-dealkylation sites (N-methyl/N-ethyl adjacent to an activating group) is 2. The van der Waals surface area contributed by atoms with Gasteiger partial charge in [0.05, 0.1) is 6.04 Å². The average Bonchev–Trinajstić information content (AvgIpc) is 2.75. The zero-order valence-corrected chi connectivity index (χ0v) is 14.3. The van der Waals surface area contributed by atoms with Gasteiger partial charge in [-0.05, 0) is 51.5 Å². The van der Waals surface area contributed by atoms with E-state index >= 15 is 0 Å². The lowest BCUT2D eigenvalue weighted by molar-refractivity contribution is 0.0834. The SMILES string of the molecule is CCc1cccc(C(NC)C2(N(C)C)CCCCCC2)c1. The van der Waals surface area contributed by atoms with Gasteiger partial charge in [-0.1, -0.05) is 56.9 Å². The summed E-state index contributed by atoms with van der Waals surface area (Å²) >= 11 is 0. The summed E-state index contributed by atoms with van der Waals surface area (Å²) in [5, 5.41) is 3.65. The van der Waals surface area contributed by atoms with Crippen LogP contribution in [0.25, 0.3) is 0 Å². The molecule has 1 N–H and O–H groups in total. The molecular formula is C19H32N2. The van der Waals surface area contributed by atoms with E-state index in [1.165, 1.54) is 49.7 Å². The molecule has 1 aliphatic rings. The third-order valence-corrected chi connectivity index (χ3v) is 5.38. The van der Waals surface area contributed by atoms with Crippen molar-refractivity contribution in [3.8, 4) is 0 Å². The third-order valence-electron chi connectivity index (χ3n) is 5.38. The molecule has 2 nitrogen and oxygen atoms in total. The van der Waals surface area contributed by atoms with Crippen molar-refractivity contribution in [3.63, 3.8) is 0 Å². The minimum Gasteiger partial charge on any atom is -0.311 e. The number of benzene rings is 1. The van der Waals surface area contributed by atoms with Gasteiger partial charge in [-0.15, -0.1) is 0 Å². The van der Waals surface area contributed by atoms with Gasteiger partial charge < -0.3 is 10.2 Å². The molecular weight excluding hydrogens is 256 g/mol. The largest absolute Gasteiger partial charge is 0.311 e. The van der Waals surface area contributed by atoms with Crippen molar-refractivity contribution in [2.45, 2.75) is 63.5 Å². The van der Waals surface area contributed by atoms with E-state index in [1.54, 1.807) is 0 Å². The zero-order valence-electron chi connectivity index (χ0n) is 14.3. The normalized spacial score (nSPS) is 20.2. The Hall–Kier alpha value is -0.860. The van der Waals surface area contributed by atoms with Gasteiger partial charge in [-0.25, -0.2) is 0 Å². The maximum absolute atomic E-state index is 3.65. The lowest BCUT2D eigenvalue weighted by Crippen LogP contribution is -2.53. The van der Waals surface area contributed by atoms with Crippen LogP contribution >= 0.6 is 0 Å². The molecule has 0 aliphatic heterocycles. The molecule has 2 heteroatoms. The molecule has 1 fully saturated rings. The van der Waals surface area contributed by atoms with E-state index < -0.39 is 0 Å². The minimum absolute atomic E-state index is 0.248. The number of nitrogens with one attached hydrogen (secondary N) is 1. The van der Waals surface area contributed by atoms with E-state index in [1.807, 2.05) is 0 Å². The Morgan fingerprint density at radius 3 is 2.33 bits per heavy atom. The Kier molecular flexibility index (Phi) is 5.83. The van der Waals surface area contributed by atoms with Crippen LogP contribution in [-0.2, 0) is 6.42 Å². The highest BCUT2D eigenvalue weighted by atomic mass is 15.2. The van der Waals surface area contributed by atoms with Crippen LogP contribution in [0.4, 0.5) is 0 Å². The highest BCUT2D eigenvalue weighted by Gasteiger charge is 2.40. The van der Waals surface area contributed by atoms with Crippen molar-refractivity contribution in [2.24, 2.45) is 0 Å². The molecule has 1 aliphatic carbocycles. The fourth-order valence-corrected chi connectivity index (χ4v) is 4.07. The maximum atomic E-state index is 3.65. The highest BCUT2D eigenvalue weighted by molar-refractivity contribution is 5.29. The second-order valence-corrected chi connectivity index (χ2v) is 6.73. The van der Waals surface area contributed by atoms with E-state index in [0.29, 0.717) is 6.04 Å². The molecule has 0 spiro atoms. The van der Waals surface area contributed by atoms with Gasteiger partial charge in [0.25, 0.3) is 0 Å². The van der Waals surface area contributed by atoms with E-state index in [9.17, 15) is 0 Å².